The number of nitrogens with two attached hydrogens (primary N) is 1. The molecule has 19 heavy (non-hydrogen) atoms. The van der Waals surface area contributed by atoms with Gasteiger partial charge in [0.1, 0.15) is 12.1 Å². The minimum Gasteiger partial charge on any atom is -0.366 e. The summed E-state index contributed by atoms with van der Waals surface area (Å²) in [5.41, 5.74) is 5.67. The van der Waals surface area contributed by atoms with Gasteiger partial charge < -0.3 is 10.6 Å². The fourth-order valence-electron chi connectivity index (χ4n) is 2.30. The minimum atomic E-state index is -0.447. The second-order valence-electron chi connectivity index (χ2n) is 4.53. The fraction of sp³-hybridized carbons (Fsp3) is 0.333. The number of hydrogen-bond acceptors (Lipinski definition) is 5. The minimum absolute atomic E-state index is 0.239. The molecule has 2 aromatic rings. The SMILES string of the molecule is NC(=O)c1cnn(C2CCN(c3ccncn3)C2)c1. The summed E-state index contributed by atoms with van der Waals surface area (Å²) >= 11 is 0. The highest BCUT2D eigenvalue weighted by atomic mass is 16.1. The molecule has 1 aliphatic rings. The standard InChI is InChI=1S/C12H14N6O/c13-12(19)9-5-16-18(6-9)10-2-4-17(7-10)11-1-3-14-8-15-11/h1,3,5-6,8,10H,2,4,7H2,(H2,13,19). The number of aromatic nitrogens is 4. The molecule has 7 heteroatoms. The van der Waals surface area contributed by atoms with Gasteiger partial charge in [0, 0.05) is 25.5 Å². The lowest BCUT2D eigenvalue weighted by atomic mass is 10.3. The summed E-state index contributed by atoms with van der Waals surface area (Å²) in [5.74, 6) is 0.469. The Bertz CT molecular complexity index is 581. The van der Waals surface area contributed by atoms with E-state index in [0.29, 0.717) is 5.56 Å². The third kappa shape index (κ3) is 2.26. The van der Waals surface area contributed by atoms with Gasteiger partial charge in [-0.05, 0) is 12.5 Å². The van der Waals surface area contributed by atoms with Crippen LogP contribution < -0.4 is 10.6 Å². The molecule has 0 spiro atoms. The maximum absolute atomic E-state index is 11.1. The Kier molecular flexibility index (Phi) is 2.86. The molecule has 3 rings (SSSR count). The zero-order valence-electron chi connectivity index (χ0n) is 10.3. The van der Waals surface area contributed by atoms with Crippen LogP contribution in [0.2, 0.25) is 0 Å². The third-order valence-electron chi connectivity index (χ3n) is 3.31. The average molecular weight is 258 g/mol. The van der Waals surface area contributed by atoms with Crippen molar-refractivity contribution >= 4 is 11.7 Å². The Balaban J connectivity index is 1.73. The molecule has 0 saturated carbocycles. The van der Waals surface area contributed by atoms with E-state index in [1.807, 2.05) is 6.07 Å². The van der Waals surface area contributed by atoms with E-state index in [9.17, 15) is 4.79 Å². The first-order valence-electron chi connectivity index (χ1n) is 6.09. The van der Waals surface area contributed by atoms with E-state index < -0.39 is 5.91 Å². The van der Waals surface area contributed by atoms with Gasteiger partial charge >= 0.3 is 0 Å². The highest BCUT2D eigenvalue weighted by Gasteiger charge is 2.25. The Morgan fingerprint density at radius 2 is 2.37 bits per heavy atom. The van der Waals surface area contributed by atoms with Crippen LogP contribution in [-0.2, 0) is 0 Å². The number of nitrogens with zero attached hydrogens (tertiary/aromatic N) is 5. The molecule has 1 fully saturated rings. The van der Waals surface area contributed by atoms with Gasteiger partial charge in [0.15, 0.2) is 0 Å². The molecule has 1 atom stereocenters. The van der Waals surface area contributed by atoms with E-state index >= 15 is 0 Å². The quantitative estimate of drug-likeness (QED) is 0.850. The number of primary amides is 1. The maximum Gasteiger partial charge on any atom is 0.251 e. The van der Waals surface area contributed by atoms with Crippen LogP contribution in [0.4, 0.5) is 5.82 Å². The van der Waals surface area contributed by atoms with Crippen LogP contribution in [0.15, 0.2) is 31.0 Å². The second kappa shape index (κ2) is 4.68. The lowest BCUT2D eigenvalue weighted by Gasteiger charge is -2.16. The molecule has 0 radical (unpaired) electrons. The lowest BCUT2D eigenvalue weighted by Crippen LogP contribution is -2.22. The highest BCUT2D eigenvalue weighted by Crippen LogP contribution is 2.24. The highest BCUT2D eigenvalue weighted by molar-refractivity contribution is 5.92. The van der Waals surface area contributed by atoms with E-state index in [4.69, 9.17) is 5.73 Å². The van der Waals surface area contributed by atoms with E-state index in [2.05, 4.69) is 20.0 Å². The molecule has 1 unspecified atom stereocenters. The first-order valence-corrected chi connectivity index (χ1v) is 6.09. The summed E-state index contributed by atoms with van der Waals surface area (Å²) < 4.78 is 1.81. The Morgan fingerprint density at radius 3 is 3.05 bits per heavy atom. The zero-order valence-corrected chi connectivity index (χ0v) is 10.3. The van der Waals surface area contributed by atoms with Crippen LogP contribution in [0, 0.1) is 0 Å². The zero-order chi connectivity index (χ0) is 13.2. The molecule has 1 saturated heterocycles. The number of amides is 1. The molecular formula is C12H14N6O. The molecule has 0 aliphatic carbocycles. The van der Waals surface area contributed by atoms with Crippen molar-refractivity contribution in [2.24, 2.45) is 5.73 Å². The van der Waals surface area contributed by atoms with Crippen molar-refractivity contribution in [3.63, 3.8) is 0 Å². The molecule has 2 aromatic heterocycles. The average Bonchev–Trinajstić information content (AvgIpc) is 3.09. The predicted octanol–water partition coefficient (Wildman–Crippen LogP) is 0.223. The molecule has 98 valence electrons. The number of carbonyl (C=O) groups excluding carboxylic acids is 1. The van der Waals surface area contributed by atoms with Crippen LogP contribution in [-0.4, -0.2) is 38.7 Å². The van der Waals surface area contributed by atoms with Gasteiger partial charge in [-0.1, -0.05) is 0 Å². The number of carbonyl (C=O) groups is 1. The molecule has 7 nitrogen and oxygen atoms in total. The normalized spacial score (nSPS) is 18.7. The van der Waals surface area contributed by atoms with E-state index in [1.165, 1.54) is 6.20 Å². The van der Waals surface area contributed by atoms with Crippen molar-refractivity contribution in [3.8, 4) is 0 Å². The molecule has 1 amide bonds. The summed E-state index contributed by atoms with van der Waals surface area (Å²) in [7, 11) is 0. The molecular weight excluding hydrogens is 244 g/mol. The number of hydrogen-bond donors (Lipinski definition) is 1. The number of rotatable bonds is 3. The van der Waals surface area contributed by atoms with Gasteiger partial charge in [0.05, 0.1) is 17.8 Å². The number of anilines is 1. The van der Waals surface area contributed by atoms with Gasteiger partial charge in [-0.25, -0.2) is 9.97 Å². The van der Waals surface area contributed by atoms with Gasteiger partial charge in [0.2, 0.25) is 0 Å². The van der Waals surface area contributed by atoms with Crippen LogP contribution >= 0.6 is 0 Å². The van der Waals surface area contributed by atoms with Gasteiger partial charge in [0.25, 0.3) is 5.91 Å². The molecule has 0 bridgehead atoms. The van der Waals surface area contributed by atoms with E-state index in [1.54, 1.807) is 23.4 Å². The first-order chi connectivity index (χ1) is 9.24. The summed E-state index contributed by atoms with van der Waals surface area (Å²) in [6, 6.07) is 2.13. The van der Waals surface area contributed by atoms with Crippen LogP contribution in [0.25, 0.3) is 0 Å². The predicted molar refractivity (Wildman–Crippen MR) is 68.6 cm³/mol. The molecule has 0 aromatic carbocycles. The summed E-state index contributed by atoms with van der Waals surface area (Å²) in [6.45, 7) is 1.73. The summed E-state index contributed by atoms with van der Waals surface area (Å²) in [6.07, 6.45) is 7.45. The molecule has 3 heterocycles. The van der Waals surface area contributed by atoms with Crippen molar-refractivity contribution < 1.29 is 4.79 Å². The van der Waals surface area contributed by atoms with Gasteiger partial charge in [-0.2, -0.15) is 5.10 Å². The van der Waals surface area contributed by atoms with Crippen molar-refractivity contribution in [1.82, 2.24) is 19.7 Å². The third-order valence-corrected chi connectivity index (χ3v) is 3.31. The van der Waals surface area contributed by atoms with Crippen molar-refractivity contribution in [3.05, 3.63) is 36.5 Å². The van der Waals surface area contributed by atoms with Crippen LogP contribution in [0.1, 0.15) is 22.8 Å². The van der Waals surface area contributed by atoms with Crippen LogP contribution in [0.3, 0.4) is 0 Å². The Morgan fingerprint density at radius 1 is 1.47 bits per heavy atom. The second-order valence-corrected chi connectivity index (χ2v) is 4.53. The lowest BCUT2D eigenvalue weighted by molar-refractivity contribution is 0.1000. The molecule has 1 aliphatic heterocycles. The van der Waals surface area contributed by atoms with Crippen LogP contribution in [0.5, 0.6) is 0 Å². The largest absolute Gasteiger partial charge is 0.366 e. The van der Waals surface area contributed by atoms with E-state index in [0.717, 1.165) is 25.3 Å². The maximum atomic E-state index is 11.1. The first kappa shape index (κ1) is 11.6. The Labute approximate surface area is 110 Å². The van der Waals surface area contributed by atoms with Crippen molar-refractivity contribution in [2.75, 3.05) is 18.0 Å². The topological polar surface area (TPSA) is 89.9 Å². The molecule has 2 N–H and O–H groups in total. The summed E-state index contributed by atoms with van der Waals surface area (Å²) in [5, 5.41) is 4.20. The Hall–Kier alpha value is -2.44. The van der Waals surface area contributed by atoms with Crippen molar-refractivity contribution in [2.45, 2.75) is 12.5 Å². The van der Waals surface area contributed by atoms with E-state index in [-0.39, 0.29) is 6.04 Å². The fourth-order valence-corrected chi connectivity index (χ4v) is 2.30. The summed E-state index contributed by atoms with van der Waals surface area (Å²) in [4.78, 5) is 21.4. The van der Waals surface area contributed by atoms with Crippen molar-refractivity contribution in [1.29, 1.82) is 0 Å². The monoisotopic (exact) mass is 258 g/mol. The smallest absolute Gasteiger partial charge is 0.251 e. The van der Waals surface area contributed by atoms with Gasteiger partial charge in [-0.15, -0.1) is 0 Å². The van der Waals surface area contributed by atoms with Gasteiger partial charge in [-0.3, -0.25) is 9.48 Å².